The molecule has 0 atom stereocenters. The van der Waals surface area contributed by atoms with Crippen LogP contribution in [0.2, 0.25) is 0 Å². The van der Waals surface area contributed by atoms with E-state index >= 15 is 0 Å². The third kappa shape index (κ3) is 5.60. The zero-order valence-electron chi connectivity index (χ0n) is 18.4. The number of anilines is 1. The van der Waals surface area contributed by atoms with E-state index in [1.165, 1.54) is 54.4 Å². The van der Waals surface area contributed by atoms with E-state index in [1.54, 1.807) is 6.20 Å². The van der Waals surface area contributed by atoms with Crippen molar-refractivity contribution >= 4 is 28.1 Å². The Morgan fingerprint density at radius 2 is 1.84 bits per heavy atom. The summed E-state index contributed by atoms with van der Waals surface area (Å²) in [5.74, 6) is 0. The maximum Gasteiger partial charge on any atom is 0.193 e. The fourth-order valence-electron chi connectivity index (χ4n) is 3.98. The zero-order valence-corrected chi connectivity index (χ0v) is 19.2. The zero-order chi connectivity index (χ0) is 22.2. The summed E-state index contributed by atoms with van der Waals surface area (Å²) in [6.07, 6.45) is 11.5. The summed E-state index contributed by atoms with van der Waals surface area (Å²) in [5, 5.41) is 4.06. The van der Waals surface area contributed by atoms with Gasteiger partial charge in [0, 0.05) is 67.6 Å². The molecular formula is C25H29N5OS. The molecule has 0 radical (unpaired) electrons. The van der Waals surface area contributed by atoms with Crippen LogP contribution in [0.25, 0.3) is 10.9 Å². The third-order valence-corrected chi connectivity index (χ3v) is 6.38. The van der Waals surface area contributed by atoms with E-state index in [9.17, 15) is 4.79 Å². The summed E-state index contributed by atoms with van der Waals surface area (Å²) >= 11 is 1.47. The molecule has 166 valence electrons. The molecule has 0 amide bonds. The average Bonchev–Trinajstić information content (AvgIpc) is 3.37. The molecule has 3 aromatic heterocycles. The molecule has 1 fully saturated rings. The number of pyridine rings is 2. The monoisotopic (exact) mass is 447 g/mol. The Labute approximate surface area is 192 Å². The molecule has 1 aliphatic rings. The summed E-state index contributed by atoms with van der Waals surface area (Å²) in [5.41, 5.74) is 3.13. The van der Waals surface area contributed by atoms with Crippen LogP contribution in [-0.4, -0.2) is 27.0 Å². The lowest BCUT2D eigenvalue weighted by atomic mass is 10.1. The van der Waals surface area contributed by atoms with Gasteiger partial charge in [-0.3, -0.25) is 9.78 Å². The van der Waals surface area contributed by atoms with E-state index in [0.29, 0.717) is 6.54 Å². The maximum absolute atomic E-state index is 12.4. The number of benzene rings is 1. The molecular weight excluding hydrogens is 418 g/mol. The van der Waals surface area contributed by atoms with Gasteiger partial charge >= 0.3 is 0 Å². The number of hydrogen-bond donors (Lipinski definition) is 1. The van der Waals surface area contributed by atoms with E-state index in [1.807, 2.05) is 66.6 Å². The maximum atomic E-state index is 12.4. The van der Waals surface area contributed by atoms with Gasteiger partial charge in [-0.15, -0.1) is 0 Å². The van der Waals surface area contributed by atoms with Crippen molar-refractivity contribution in [2.45, 2.75) is 32.4 Å². The summed E-state index contributed by atoms with van der Waals surface area (Å²) in [7, 11) is 1.97. The molecule has 0 unspecified atom stereocenters. The van der Waals surface area contributed by atoms with Crippen LogP contribution in [0, 0.1) is 0 Å². The van der Waals surface area contributed by atoms with E-state index in [4.69, 9.17) is 0 Å². The van der Waals surface area contributed by atoms with Crippen molar-refractivity contribution in [2.75, 3.05) is 18.0 Å². The van der Waals surface area contributed by atoms with E-state index in [0.717, 1.165) is 23.0 Å². The Balaban J connectivity index is 0.000000174. The minimum Gasteiger partial charge on any atom is -0.370 e. The van der Waals surface area contributed by atoms with Crippen molar-refractivity contribution in [1.82, 2.24) is 19.2 Å². The standard InChI is InChI=1S/C15H15N3OS.C10H14N2/c1-18-10-11(8-16-9-12-6-7-17-20-12)15(19)13-4-2-3-5-14(13)18;1-2-7-12(8-3-1)10-5-4-6-11-9-10/h2-7,10,16H,8-9H2,1H3;4-6,9H,1-3,7-8H2. The molecule has 0 bridgehead atoms. The Hall–Kier alpha value is -3.03. The van der Waals surface area contributed by atoms with Gasteiger partial charge in [0.1, 0.15) is 0 Å². The number of fused-ring (bicyclic) bond motifs is 1. The van der Waals surface area contributed by atoms with Gasteiger partial charge < -0.3 is 14.8 Å². The fourth-order valence-corrected chi connectivity index (χ4v) is 4.53. The summed E-state index contributed by atoms with van der Waals surface area (Å²) in [6, 6.07) is 13.8. The van der Waals surface area contributed by atoms with Crippen molar-refractivity contribution in [2.24, 2.45) is 7.05 Å². The van der Waals surface area contributed by atoms with Crippen molar-refractivity contribution in [3.05, 3.63) is 87.9 Å². The van der Waals surface area contributed by atoms with Gasteiger partial charge in [0.05, 0.1) is 17.4 Å². The van der Waals surface area contributed by atoms with Gasteiger partial charge in [0.2, 0.25) is 0 Å². The van der Waals surface area contributed by atoms with Gasteiger partial charge in [-0.25, -0.2) is 4.37 Å². The lowest BCUT2D eigenvalue weighted by molar-refractivity contribution is 0.577. The van der Waals surface area contributed by atoms with Gasteiger partial charge in [-0.2, -0.15) is 0 Å². The topological polar surface area (TPSA) is 63.1 Å². The molecule has 1 N–H and O–H groups in total. The molecule has 32 heavy (non-hydrogen) atoms. The first kappa shape index (κ1) is 22.2. The number of nitrogens with zero attached hydrogens (tertiary/aromatic N) is 4. The molecule has 4 heterocycles. The highest BCUT2D eigenvalue weighted by Crippen LogP contribution is 2.17. The highest BCUT2D eigenvalue weighted by atomic mass is 32.1. The molecule has 6 nitrogen and oxygen atoms in total. The Morgan fingerprint density at radius 3 is 2.59 bits per heavy atom. The van der Waals surface area contributed by atoms with Crippen LogP contribution in [0.4, 0.5) is 5.69 Å². The van der Waals surface area contributed by atoms with Gasteiger partial charge in [0.25, 0.3) is 0 Å². The Morgan fingerprint density at radius 1 is 1.00 bits per heavy atom. The van der Waals surface area contributed by atoms with Gasteiger partial charge in [-0.05, 0) is 61.1 Å². The first-order valence-corrected chi connectivity index (χ1v) is 11.8. The molecule has 0 aliphatic carbocycles. The normalized spacial score (nSPS) is 13.6. The van der Waals surface area contributed by atoms with Crippen LogP contribution in [0.5, 0.6) is 0 Å². The van der Waals surface area contributed by atoms with E-state index < -0.39 is 0 Å². The van der Waals surface area contributed by atoms with E-state index in [2.05, 4.69) is 25.6 Å². The van der Waals surface area contributed by atoms with Crippen LogP contribution in [-0.2, 0) is 20.1 Å². The number of nitrogens with one attached hydrogen (secondary N) is 1. The Bertz CT molecular complexity index is 1170. The minimum absolute atomic E-state index is 0.107. The molecule has 4 aromatic rings. The second-order valence-electron chi connectivity index (χ2n) is 7.95. The summed E-state index contributed by atoms with van der Waals surface area (Å²) in [6.45, 7) is 3.70. The second-order valence-corrected chi connectivity index (χ2v) is 8.87. The van der Waals surface area contributed by atoms with Crippen LogP contribution in [0.3, 0.4) is 0 Å². The number of aryl methyl sites for hydroxylation is 1. The lowest BCUT2D eigenvalue weighted by Crippen LogP contribution is -2.29. The average molecular weight is 448 g/mol. The molecule has 5 rings (SSSR count). The summed E-state index contributed by atoms with van der Waals surface area (Å²) in [4.78, 5) is 20.1. The largest absolute Gasteiger partial charge is 0.370 e. The van der Waals surface area contributed by atoms with Crippen molar-refractivity contribution in [3.63, 3.8) is 0 Å². The predicted octanol–water partition coefficient (Wildman–Crippen LogP) is 4.36. The molecule has 1 saturated heterocycles. The quantitative estimate of drug-likeness (QED) is 0.493. The number of piperidine rings is 1. The smallest absolute Gasteiger partial charge is 0.193 e. The molecule has 1 aliphatic heterocycles. The summed E-state index contributed by atoms with van der Waals surface area (Å²) < 4.78 is 6.06. The van der Waals surface area contributed by atoms with E-state index in [-0.39, 0.29) is 5.43 Å². The van der Waals surface area contributed by atoms with Crippen LogP contribution in [0.15, 0.2) is 72.0 Å². The van der Waals surface area contributed by atoms with Crippen molar-refractivity contribution < 1.29 is 0 Å². The molecule has 7 heteroatoms. The number of para-hydroxylation sites is 1. The van der Waals surface area contributed by atoms with Gasteiger partial charge in [0.15, 0.2) is 5.43 Å². The number of hydrogen-bond acceptors (Lipinski definition) is 6. The molecule has 0 spiro atoms. The minimum atomic E-state index is 0.107. The molecule has 1 aromatic carbocycles. The Kier molecular flexibility index (Phi) is 7.64. The predicted molar refractivity (Wildman–Crippen MR) is 132 cm³/mol. The van der Waals surface area contributed by atoms with Gasteiger partial charge in [-0.1, -0.05) is 12.1 Å². The van der Waals surface area contributed by atoms with Crippen LogP contribution >= 0.6 is 11.5 Å². The lowest BCUT2D eigenvalue weighted by Gasteiger charge is -2.28. The van der Waals surface area contributed by atoms with Crippen LogP contribution in [0.1, 0.15) is 29.7 Å². The second kappa shape index (κ2) is 11.0. The fraction of sp³-hybridized carbons (Fsp3) is 0.320. The highest BCUT2D eigenvalue weighted by molar-refractivity contribution is 7.05. The SMILES string of the molecule is Cn1cc(CNCc2ccns2)c(=O)c2ccccc21.c1cncc(N2CCCCC2)c1. The molecule has 0 saturated carbocycles. The number of aromatic nitrogens is 3. The van der Waals surface area contributed by atoms with Crippen molar-refractivity contribution in [1.29, 1.82) is 0 Å². The first-order valence-electron chi connectivity index (χ1n) is 11.0. The number of rotatable bonds is 5. The third-order valence-electron chi connectivity index (χ3n) is 5.64. The van der Waals surface area contributed by atoms with Crippen molar-refractivity contribution in [3.8, 4) is 0 Å². The van der Waals surface area contributed by atoms with Crippen LogP contribution < -0.4 is 15.6 Å². The first-order chi connectivity index (χ1) is 15.7. The highest BCUT2D eigenvalue weighted by Gasteiger charge is 2.10.